The third kappa shape index (κ3) is 3.06. The van der Waals surface area contributed by atoms with Crippen LogP contribution in [0, 0.1) is 25.5 Å². The predicted octanol–water partition coefficient (Wildman–Crippen LogP) is 3.23. The van der Waals surface area contributed by atoms with E-state index in [2.05, 4.69) is 4.98 Å². The number of aromatic nitrogens is 1. The molecule has 1 aromatic heterocycles. The molecule has 2 rings (SSSR count). The Morgan fingerprint density at radius 3 is 2.32 bits per heavy atom. The summed E-state index contributed by atoms with van der Waals surface area (Å²) in [5.74, 6) is -0.812. The number of aryl methyl sites for hydroxylation is 2. The van der Waals surface area contributed by atoms with Gasteiger partial charge in [0.15, 0.2) is 0 Å². The van der Waals surface area contributed by atoms with Gasteiger partial charge in [-0.25, -0.2) is 8.78 Å². The topological polar surface area (TPSA) is 48.1 Å². The highest BCUT2D eigenvalue weighted by Crippen LogP contribution is 2.28. The number of hydrogen-bond acceptors (Lipinski definition) is 3. The molecule has 0 aliphatic heterocycles. The molecule has 2 N–H and O–H groups in total. The average molecular weight is 264 g/mol. The summed E-state index contributed by atoms with van der Waals surface area (Å²) in [6.45, 7) is 3.87. The quantitative estimate of drug-likeness (QED) is 0.925. The van der Waals surface area contributed by atoms with Crippen molar-refractivity contribution in [1.82, 2.24) is 4.98 Å². The van der Waals surface area contributed by atoms with E-state index in [0.29, 0.717) is 5.75 Å². The molecule has 100 valence electrons. The number of benzene rings is 1. The summed E-state index contributed by atoms with van der Waals surface area (Å²) in [5, 5.41) is 0. The van der Waals surface area contributed by atoms with Crippen molar-refractivity contribution >= 4 is 0 Å². The number of hydrogen-bond donors (Lipinski definition) is 1. The van der Waals surface area contributed by atoms with Gasteiger partial charge in [0.05, 0.1) is 0 Å². The summed E-state index contributed by atoms with van der Waals surface area (Å²) in [4.78, 5) is 4.27. The van der Waals surface area contributed by atoms with Crippen LogP contribution in [-0.2, 0) is 6.54 Å². The van der Waals surface area contributed by atoms with Gasteiger partial charge >= 0.3 is 0 Å². The molecule has 0 saturated heterocycles. The first-order valence-corrected chi connectivity index (χ1v) is 5.80. The molecule has 0 aliphatic rings. The fourth-order valence-corrected chi connectivity index (χ4v) is 1.87. The SMILES string of the molecule is Cc1cc(Oc2cc(F)cc(F)c2)c(CN)c(C)n1. The zero-order valence-electron chi connectivity index (χ0n) is 10.7. The van der Waals surface area contributed by atoms with Crippen molar-refractivity contribution in [1.29, 1.82) is 0 Å². The Balaban J connectivity index is 2.42. The van der Waals surface area contributed by atoms with Gasteiger partial charge in [-0.3, -0.25) is 4.98 Å². The van der Waals surface area contributed by atoms with Crippen molar-refractivity contribution in [2.45, 2.75) is 20.4 Å². The molecule has 0 saturated carbocycles. The molecule has 19 heavy (non-hydrogen) atoms. The molecule has 0 bridgehead atoms. The number of rotatable bonds is 3. The number of nitrogens with two attached hydrogens (primary N) is 1. The van der Waals surface area contributed by atoms with E-state index in [4.69, 9.17) is 10.5 Å². The Hall–Kier alpha value is -2.01. The first-order chi connectivity index (χ1) is 8.99. The van der Waals surface area contributed by atoms with E-state index in [0.717, 1.165) is 35.2 Å². The molecular formula is C14H14F2N2O. The van der Waals surface area contributed by atoms with Crippen LogP contribution in [0.4, 0.5) is 8.78 Å². The molecule has 0 amide bonds. The molecule has 0 unspecified atom stereocenters. The van der Waals surface area contributed by atoms with E-state index in [1.165, 1.54) is 0 Å². The monoisotopic (exact) mass is 264 g/mol. The minimum absolute atomic E-state index is 0.0946. The smallest absolute Gasteiger partial charge is 0.135 e. The largest absolute Gasteiger partial charge is 0.457 e. The van der Waals surface area contributed by atoms with Crippen molar-refractivity contribution in [3.05, 3.63) is 52.9 Å². The van der Waals surface area contributed by atoms with Crippen molar-refractivity contribution in [2.24, 2.45) is 5.73 Å². The van der Waals surface area contributed by atoms with Crippen LogP contribution < -0.4 is 10.5 Å². The zero-order chi connectivity index (χ0) is 14.0. The molecule has 1 aromatic carbocycles. The maximum absolute atomic E-state index is 13.1. The van der Waals surface area contributed by atoms with Gasteiger partial charge in [0.25, 0.3) is 0 Å². The maximum atomic E-state index is 13.1. The van der Waals surface area contributed by atoms with Gasteiger partial charge in [-0.05, 0) is 13.8 Å². The molecule has 0 fully saturated rings. The molecule has 2 aromatic rings. The molecule has 0 radical (unpaired) electrons. The standard InChI is InChI=1S/C14H14F2N2O/c1-8-3-14(13(7-17)9(2)18-8)19-12-5-10(15)4-11(16)6-12/h3-6H,7,17H2,1-2H3. The van der Waals surface area contributed by atoms with Gasteiger partial charge in [0.1, 0.15) is 23.1 Å². The fourth-order valence-electron chi connectivity index (χ4n) is 1.87. The summed E-state index contributed by atoms with van der Waals surface area (Å²) < 4.78 is 31.8. The van der Waals surface area contributed by atoms with Crippen LogP contribution in [0.25, 0.3) is 0 Å². The molecule has 0 spiro atoms. The lowest BCUT2D eigenvalue weighted by molar-refractivity contribution is 0.461. The number of nitrogens with zero attached hydrogens (tertiary/aromatic N) is 1. The van der Waals surface area contributed by atoms with Crippen LogP contribution in [0.5, 0.6) is 11.5 Å². The normalized spacial score (nSPS) is 10.6. The Morgan fingerprint density at radius 1 is 1.11 bits per heavy atom. The van der Waals surface area contributed by atoms with Crippen molar-refractivity contribution in [3.63, 3.8) is 0 Å². The lowest BCUT2D eigenvalue weighted by atomic mass is 10.1. The van der Waals surface area contributed by atoms with Crippen LogP contribution in [0.15, 0.2) is 24.3 Å². The summed E-state index contributed by atoms with van der Waals surface area (Å²) in [6, 6.07) is 4.72. The second-order valence-corrected chi connectivity index (χ2v) is 4.24. The van der Waals surface area contributed by atoms with E-state index in [1.807, 2.05) is 13.8 Å². The van der Waals surface area contributed by atoms with Crippen LogP contribution in [-0.4, -0.2) is 4.98 Å². The highest BCUT2D eigenvalue weighted by molar-refractivity contribution is 5.41. The zero-order valence-corrected chi connectivity index (χ0v) is 10.7. The van der Waals surface area contributed by atoms with E-state index in [-0.39, 0.29) is 12.3 Å². The lowest BCUT2D eigenvalue weighted by Gasteiger charge is -2.13. The van der Waals surface area contributed by atoms with Crippen molar-refractivity contribution in [2.75, 3.05) is 0 Å². The fraction of sp³-hybridized carbons (Fsp3) is 0.214. The van der Waals surface area contributed by atoms with E-state index in [1.54, 1.807) is 6.07 Å². The molecule has 0 aliphatic carbocycles. The molecule has 3 nitrogen and oxygen atoms in total. The summed E-state index contributed by atoms with van der Waals surface area (Å²) in [5.41, 5.74) is 7.86. The second kappa shape index (κ2) is 5.32. The summed E-state index contributed by atoms with van der Waals surface area (Å²) in [6.07, 6.45) is 0. The highest BCUT2D eigenvalue weighted by atomic mass is 19.1. The predicted molar refractivity (Wildman–Crippen MR) is 68.0 cm³/mol. The minimum Gasteiger partial charge on any atom is -0.457 e. The molecule has 1 heterocycles. The number of halogens is 2. The summed E-state index contributed by atoms with van der Waals surface area (Å²) in [7, 11) is 0. The van der Waals surface area contributed by atoms with Gasteiger partial charge in [-0.2, -0.15) is 0 Å². The van der Waals surface area contributed by atoms with E-state index in [9.17, 15) is 8.78 Å². The number of ether oxygens (including phenoxy) is 1. The second-order valence-electron chi connectivity index (χ2n) is 4.24. The van der Waals surface area contributed by atoms with Crippen molar-refractivity contribution in [3.8, 4) is 11.5 Å². The van der Waals surface area contributed by atoms with Crippen LogP contribution >= 0.6 is 0 Å². The van der Waals surface area contributed by atoms with Gasteiger partial charge in [0.2, 0.25) is 0 Å². The highest BCUT2D eigenvalue weighted by Gasteiger charge is 2.10. The maximum Gasteiger partial charge on any atom is 0.135 e. The number of pyridine rings is 1. The third-order valence-corrected chi connectivity index (χ3v) is 2.69. The Kier molecular flexibility index (Phi) is 3.76. The Labute approximate surface area is 110 Å². The van der Waals surface area contributed by atoms with Gasteiger partial charge in [0, 0.05) is 47.8 Å². The summed E-state index contributed by atoms with van der Waals surface area (Å²) >= 11 is 0. The van der Waals surface area contributed by atoms with Gasteiger partial charge < -0.3 is 10.5 Å². The molecular weight excluding hydrogens is 250 g/mol. The first-order valence-electron chi connectivity index (χ1n) is 5.80. The first kappa shape index (κ1) is 13.4. The van der Waals surface area contributed by atoms with E-state index >= 15 is 0 Å². The van der Waals surface area contributed by atoms with Gasteiger partial charge in [-0.1, -0.05) is 0 Å². The minimum atomic E-state index is -0.688. The molecule has 5 heteroatoms. The molecule has 0 atom stereocenters. The Bertz CT molecular complexity index is 594. The van der Waals surface area contributed by atoms with E-state index < -0.39 is 11.6 Å². The van der Waals surface area contributed by atoms with Crippen molar-refractivity contribution < 1.29 is 13.5 Å². The third-order valence-electron chi connectivity index (χ3n) is 2.69. The average Bonchev–Trinajstić information content (AvgIpc) is 2.26. The van der Waals surface area contributed by atoms with Crippen LogP contribution in [0.1, 0.15) is 17.0 Å². The van der Waals surface area contributed by atoms with Gasteiger partial charge in [-0.15, -0.1) is 0 Å². The lowest BCUT2D eigenvalue weighted by Crippen LogP contribution is -2.05. The van der Waals surface area contributed by atoms with Crippen LogP contribution in [0.3, 0.4) is 0 Å². The Morgan fingerprint density at radius 2 is 1.74 bits per heavy atom. The van der Waals surface area contributed by atoms with Crippen LogP contribution in [0.2, 0.25) is 0 Å².